The van der Waals surface area contributed by atoms with Crippen molar-refractivity contribution in [2.75, 3.05) is 5.32 Å². The van der Waals surface area contributed by atoms with Gasteiger partial charge in [0.15, 0.2) is 5.13 Å². The van der Waals surface area contributed by atoms with Crippen LogP contribution >= 0.6 is 11.3 Å². The van der Waals surface area contributed by atoms with Gasteiger partial charge < -0.3 is 16.2 Å². The predicted octanol–water partition coefficient (Wildman–Crippen LogP) is 2.38. The summed E-state index contributed by atoms with van der Waals surface area (Å²) in [4.78, 5) is 17.9. The van der Waals surface area contributed by atoms with Gasteiger partial charge in [0.05, 0.1) is 17.6 Å². The number of halogens is 3. The van der Waals surface area contributed by atoms with Crippen LogP contribution in [-0.4, -0.2) is 21.0 Å². The molecule has 10 heteroatoms. The number of rotatable bonds is 4. The van der Waals surface area contributed by atoms with Crippen molar-refractivity contribution >= 4 is 28.1 Å². The van der Waals surface area contributed by atoms with Crippen LogP contribution in [0.15, 0.2) is 23.7 Å². The normalized spacial score (nSPS) is 13.0. The highest BCUT2D eigenvalue weighted by Gasteiger charge is 2.32. The van der Waals surface area contributed by atoms with Crippen molar-refractivity contribution in [3.05, 3.63) is 35.1 Å². The Hall–Kier alpha value is -2.20. The lowest BCUT2D eigenvalue weighted by molar-refractivity contribution is -0.141. The highest BCUT2D eigenvalue weighted by molar-refractivity contribution is 7.13. The molecule has 21 heavy (non-hydrogen) atoms. The van der Waals surface area contributed by atoms with Crippen LogP contribution in [0, 0.1) is 0 Å². The number of carbonyl (C=O) groups is 1. The van der Waals surface area contributed by atoms with E-state index in [9.17, 15) is 18.0 Å². The lowest BCUT2D eigenvalue weighted by Gasteiger charge is -2.07. The molecule has 2 aromatic rings. The first kappa shape index (κ1) is 15.2. The maximum Gasteiger partial charge on any atom is 0.433 e. The Labute approximate surface area is 120 Å². The molecule has 0 spiro atoms. The lowest BCUT2D eigenvalue weighted by Crippen LogP contribution is -2.20. The van der Waals surface area contributed by atoms with E-state index in [0.717, 1.165) is 23.6 Å². The lowest BCUT2D eigenvalue weighted by atomic mass is 10.2. The molecule has 0 aliphatic heterocycles. The fourth-order valence-corrected chi connectivity index (χ4v) is 2.14. The smallest absolute Gasteiger partial charge is 0.433 e. The van der Waals surface area contributed by atoms with Crippen LogP contribution in [0.4, 0.5) is 24.0 Å². The van der Waals surface area contributed by atoms with Crippen LogP contribution in [0.1, 0.15) is 17.4 Å². The van der Waals surface area contributed by atoms with Crippen LogP contribution in [0.5, 0.6) is 0 Å². The minimum atomic E-state index is -4.50. The molecule has 0 amide bonds. The predicted molar refractivity (Wildman–Crippen MR) is 69.2 cm³/mol. The summed E-state index contributed by atoms with van der Waals surface area (Å²) in [5, 5.41) is 13.2. The second kappa shape index (κ2) is 5.66. The third-order valence-corrected chi connectivity index (χ3v) is 3.19. The van der Waals surface area contributed by atoms with Crippen molar-refractivity contribution in [2.24, 2.45) is 5.73 Å². The standard InChI is InChI=1S/C11H9F3N4O2S/c12-11(13,14)7-2-1-5(3-16-7)17-10-18-6(4-21-10)8(15)9(19)20/h1-4,8H,15H2,(H,17,18)(H,19,20). The molecule has 0 aliphatic rings. The maximum atomic E-state index is 12.4. The van der Waals surface area contributed by atoms with Gasteiger partial charge in [0.2, 0.25) is 0 Å². The summed E-state index contributed by atoms with van der Waals surface area (Å²) < 4.78 is 37.1. The minimum absolute atomic E-state index is 0.162. The molecular formula is C11H9F3N4O2S. The van der Waals surface area contributed by atoms with Gasteiger partial charge in [-0.15, -0.1) is 11.3 Å². The van der Waals surface area contributed by atoms with Gasteiger partial charge in [-0.1, -0.05) is 0 Å². The molecule has 1 unspecified atom stereocenters. The Kier molecular flexibility index (Phi) is 4.09. The van der Waals surface area contributed by atoms with Crippen LogP contribution in [0.3, 0.4) is 0 Å². The molecule has 0 saturated carbocycles. The summed E-state index contributed by atoms with van der Waals surface area (Å²) in [7, 11) is 0. The molecule has 1 atom stereocenters. The van der Waals surface area contributed by atoms with Crippen LogP contribution < -0.4 is 11.1 Å². The van der Waals surface area contributed by atoms with Gasteiger partial charge in [-0.2, -0.15) is 13.2 Å². The second-order valence-corrected chi connectivity index (χ2v) is 4.81. The zero-order valence-corrected chi connectivity index (χ0v) is 11.1. The largest absolute Gasteiger partial charge is 0.480 e. The zero-order valence-electron chi connectivity index (χ0n) is 10.3. The molecule has 0 radical (unpaired) electrons. The highest BCUT2D eigenvalue weighted by atomic mass is 32.1. The van der Waals surface area contributed by atoms with Crippen molar-refractivity contribution in [1.29, 1.82) is 0 Å². The fraction of sp³-hybridized carbons (Fsp3) is 0.182. The maximum absolute atomic E-state index is 12.4. The molecule has 0 aliphatic carbocycles. The van der Waals surface area contributed by atoms with E-state index in [2.05, 4.69) is 15.3 Å². The molecule has 0 aromatic carbocycles. The number of nitrogens with two attached hydrogens (primary N) is 1. The van der Waals surface area contributed by atoms with Gasteiger partial charge in [0, 0.05) is 5.38 Å². The van der Waals surface area contributed by atoms with E-state index >= 15 is 0 Å². The number of aromatic nitrogens is 2. The van der Waals surface area contributed by atoms with Crippen LogP contribution in [0.25, 0.3) is 0 Å². The molecule has 6 nitrogen and oxygen atoms in total. The van der Waals surface area contributed by atoms with Crippen molar-refractivity contribution in [3.8, 4) is 0 Å². The topological polar surface area (TPSA) is 101 Å². The number of carboxylic acid groups (broad SMARTS) is 1. The number of hydrogen-bond donors (Lipinski definition) is 3. The van der Waals surface area contributed by atoms with Crippen molar-refractivity contribution < 1.29 is 23.1 Å². The third kappa shape index (κ3) is 3.67. The monoisotopic (exact) mass is 318 g/mol. The van der Waals surface area contributed by atoms with Crippen molar-refractivity contribution in [1.82, 2.24) is 9.97 Å². The molecule has 4 N–H and O–H groups in total. The van der Waals surface area contributed by atoms with E-state index in [-0.39, 0.29) is 5.69 Å². The molecule has 2 rings (SSSR count). The number of alkyl halides is 3. The minimum Gasteiger partial charge on any atom is -0.480 e. The summed E-state index contributed by atoms with van der Waals surface area (Å²) in [6.45, 7) is 0. The van der Waals surface area contributed by atoms with Crippen molar-refractivity contribution in [3.63, 3.8) is 0 Å². The number of hydrogen-bond acceptors (Lipinski definition) is 6. The number of thiazole rings is 1. The third-order valence-electron chi connectivity index (χ3n) is 2.41. The molecular weight excluding hydrogens is 309 g/mol. The summed E-state index contributed by atoms with van der Waals surface area (Å²) in [6, 6.07) is 0.788. The second-order valence-electron chi connectivity index (χ2n) is 3.95. The van der Waals surface area contributed by atoms with Gasteiger partial charge in [-0.05, 0) is 12.1 Å². The van der Waals surface area contributed by atoms with Crippen LogP contribution in [-0.2, 0) is 11.0 Å². The average Bonchev–Trinajstić information content (AvgIpc) is 2.85. The molecule has 2 heterocycles. The fourth-order valence-electron chi connectivity index (χ4n) is 1.37. The SMILES string of the molecule is NC(C(=O)O)c1csc(Nc2ccc(C(F)(F)F)nc2)n1. The van der Waals surface area contributed by atoms with Crippen molar-refractivity contribution in [2.45, 2.75) is 12.2 Å². The number of nitrogens with one attached hydrogen (secondary N) is 1. The number of anilines is 2. The Morgan fingerprint density at radius 1 is 1.43 bits per heavy atom. The van der Waals surface area contributed by atoms with E-state index in [1.807, 2.05) is 0 Å². The number of aliphatic carboxylic acids is 1. The number of carboxylic acids is 1. The highest BCUT2D eigenvalue weighted by Crippen LogP contribution is 2.29. The Morgan fingerprint density at radius 2 is 2.14 bits per heavy atom. The van der Waals surface area contributed by atoms with Gasteiger partial charge in [-0.25, -0.2) is 9.97 Å². The van der Waals surface area contributed by atoms with E-state index in [1.54, 1.807) is 0 Å². The quantitative estimate of drug-likeness (QED) is 0.800. The number of pyridine rings is 1. The first-order valence-electron chi connectivity index (χ1n) is 5.51. The van der Waals surface area contributed by atoms with Gasteiger partial charge >= 0.3 is 12.1 Å². The molecule has 2 aromatic heterocycles. The van der Waals surface area contributed by atoms with Gasteiger partial charge in [-0.3, -0.25) is 4.79 Å². The molecule has 0 saturated heterocycles. The molecule has 0 fully saturated rings. The summed E-state index contributed by atoms with van der Waals surface area (Å²) in [6.07, 6.45) is -3.48. The first-order valence-corrected chi connectivity index (χ1v) is 6.39. The Morgan fingerprint density at radius 3 is 2.67 bits per heavy atom. The van der Waals surface area contributed by atoms with Crippen LogP contribution in [0.2, 0.25) is 0 Å². The molecule has 0 bridgehead atoms. The van der Waals surface area contributed by atoms with Gasteiger partial charge in [0.1, 0.15) is 11.7 Å². The van der Waals surface area contributed by atoms with E-state index in [0.29, 0.717) is 10.8 Å². The number of nitrogens with zero attached hydrogens (tertiary/aromatic N) is 2. The van der Waals surface area contributed by atoms with Gasteiger partial charge in [0.25, 0.3) is 0 Å². The Bertz CT molecular complexity index is 642. The zero-order chi connectivity index (χ0) is 15.6. The average molecular weight is 318 g/mol. The van der Waals surface area contributed by atoms with E-state index in [4.69, 9.17) is 10.8 Å². The molecule has 112 valence electrons. The summed E-state index contributed by atoms with van der Waals surface area (Å²) in [5.41, 5.74) is 4.85. The summed E-state index contributed by atoms with van der Waals surface area (Å²) >= 11 is 1.08. The Balaban J connectivity index is 2.10. The summed E-state index contributed by atoms with van der Waals surface area (Å²) in [5.74, 6) is -1.22. The van der Waals surface area contributed by atoms with E-state index in [1.165, 1.54) is 11.4 Å². The first-order chi connectivity index (χ1) is 9.77. The van der Waals surface area contributed by atoms with E-state index < -0.39 is 23.9 Å².